The number of hydrogen-bond acceptors (Lipinski definition) is 4. The van der Waals surface area contributed by atoms with Crippen molar-refractivity contribution in [3.05, 3.63) is 16.5 Å². The van der Waals surface area contributed by atoms with Gasteiger partial charge in [0.05, 0.1) is 6.10 Å². The Morgan fingerprint density at radius 1 is 1.40 bits per heavy atom. The van der Waals surface area contributed by atoms with Crippen LogP contribution in [0.2, 0.25) is 0 Å². The van der Waals surface area contributed by atoms with Crippen LogP contribution >= 0.6 is 15.9 Å². The van der Waals surface area contributed by atoms with Crippen LogP contribution in [0.25, 0.3) is 0 Å². The fourth-order valence-electron chi connectivity index (χ4n) is 2.42. The summed E-state index contributed by atoms with van der Waals surface area (Å²) in [5.41, 5.74) is -0.0480. The van der Waals surface area contributed by atoms with Gasteiger partial charge in [0.25, 0.3) is 0 Å². The first-order valence-electron chi connectivity index (χ1n) is 7.31. The van der Waals surface area contributed by atoms with Crippen molar-refractivity contribution in [1.82, 2.24) is 9.97 Å². The normalized spacial score (nSPS) is 20.2. The Hall–Kier alpha value is -0.680. The molecule has 1 aromatic rings. The third-order valence-corrected chi connectivity index (χ3v) is 3.86. The highest BCUT2D eigenvalue weighted by atomic mass is 79.9. The number of anilines is 1. The fourth-order valence-corrected chi connectivity index (χ4v) is 2.79. The molecule has 0 N–H and O–H groups in total. The van der Waals surface area contributed by atoms with Crippen molar-refractivity contribution < 1.29 is 4.74 Å². The first-order chi connectivity index (χ1) is 9.40. The van der Waals surface area contributed by atoms with E-state index in [0.717, 1.165) is 48.8 Å². The average Bonchev–Trinajstić information content (AvgIpc) is 2.38. The molecule has 112 valence electrons. The summed E-state index contributed by atoms with van der Waals surface area (Å²) in [6, 6.07) is 2.00. The second-order valence-corrected chi connectivity index (χ2v) is 7.10. The van der Waals surface area contributed by atoms with E-state index in [1.807, 2.05) is 6.07 Å². The van der Waals surface area contributed by atoms with E-state index in [9.17, 15) is 0 Å². The third-order valence-electron chi connectivity index (χ3n) is 3.46. The Kier molecular flexibility index (Phi) is 5.02. The van der Waals surface area contributed by atoms with Gasteiger partial charge in [-0.15, -0.1) is 0 Å². The van der Waals surface area contributed by atoms with Crippen molar-refractivity contribution >= 4 is 21.7 Å². The predicted molar refractivity (Wildman–Crippen MR) is 85.3 cm³/mol. The molecule has 0 saturated carbocycles. The van der Waals surface area contributed by atoms with Gasteiger partial charge >= 0.3 is 0 Å². The molecule has 1 aromatic heterocycles. The van der Waals surface area contributed by atoms with Gasteiger partial charge in [0.2, 0.25) is 0 Å². The molecule has 0 radical (unpaired) electrons. The van der Waals surface area contributed by atoms with Gasteiger partial charge in [-0.3, -0.25) is 0 Å². The molecule has 4 nitrogen and oxygen atoms in total. The lowest BCUT2D eigenvalue weighted by Crippen LogP contribution is -2.40. The minimum absolute atomic E-state index is 0.0480. The summed E-state index contributed by atoms with van der Waals surface area (Å²) in [5.74, 6) is 1.88. The predicted octanol–water partition coefficient (Wildman–Crippen LogP) is 3.54. The Morgan fingerprint density at radius 2 is 2.15 bits per heavy atom. The molecule has 2 heterocycles. The molecule has 2 rings (SSSR count). The fraction of sp³-hybridized carbons (Fsp3) is 0.733. The molecule has 0 spiro atoms. The van der Waals surface area contributed by atoms with E-state index in [1.165, 1.54) is 0 Å². The SMILES string of the molecule is CCOC1CCCN(c2cc(Br)nc(C(C)(C)C)n2)C1. The second-order valence-electron chi connectivity index (χ2n) is 6.29. The quantitative estimate of drug-likeness (QED) is 0.788. The summed E-state index contributed by atoms with van der Waals surface area (Å²) in [6.07, 6.45) is 2.61. The molecule has 1 fully saturated rings. The van der Waals surface area contributed by atoms with Crippen LogP contribution in [0.4, 0.5) is 5.82 Å². The number of rotatable bonds is 3. The van der Waals surface area contributed by atoms with E-state index >= 15 is 0 Å². The minimum Gasteiger partial charge on any atom is -0.377 e. The molecule has 5 heteroatoms. The summed E-state index contributed by atoms with van der Waals surface area (Å²) in [4.78, 5) is 11.6. The van der Waals surface area contributed by atoms with Crippen LogP contribution in [0.5, 0.6) is 0 Å². The average molecular weight is 342 g/mol. The van der Waals surface area contributed by atoms with Crippen LogP contribution in [0.3, 0.4) is 0 Å². The summed E-state index contributed by atoms with van der Waals surface area (Å²) >= 11 is 3.51. The molecule has 1 unspecified atom stereocenters. The standard InChI is InChI=1S/C15H24BrN3O/c1-5-20-11-7-6-8-19(10-11)13-9-12(16)17-14(18-13)15(2,3)4/h9,11H,5-8,10H2,1-4H3. The zero-order valence-corrected chi connectivity index (χ0v) is 14.4. The van der Waals surface area contributed by atoms with Gasteiger partial charge in [0.1, 0.15) is 16.2 Å². The summed E-state index contributed by atoms with van der Waals surface area (Å²) in [5, 5.41) is 0. The third kappa shape index (κ3) is 3.92. The monoisotopic (exact) mass is 341 g/mol. The van der Waals surface area contributed by atoms with Gasteiger partial charge in [-0.05, 0) is 35.7 Å². The molecule has 20 heavy (non-hydrogen) atoms. The number of aromatic nitrogens is 2. The topological polar surface area (TPSA) is 38.2 Å². The van der Waals surface area contributed by atoms with Crippen molar-refractivity contribution in [3.63, 3.8) is 0 Å². The number of ether oxygens (including phenoxy) is 1. The Morgan fingerprint density at radius 3 is 2.80 bits per heavy atom. The Labute approximate surface area is 130 Å². The molecule has 1 aliphatic heterocycles. The zero-order valence-electron chi connectivity index (χ0n) is 12.8. The Balaban J connectivity index is 2.21. The van der Waals surface area contributed by atoms with E-state index in [4.69, 9.17) is 9.72 Å². The van der Waals surface area contributed by atoms with Crippen LogP contribution in [-0.4, -0.2) is 35.8 Å². The molecule has 0 bridgehead atoms. The first-order valence-corrected chi connectivity index (χ1v) is 8.11. The van der Waals surface area contributed by atoms with Gasteiger partial charge in [0, 0.05) is 31.2 Å². The lowest BCUT2D eigenvalue weighted by molar-refractivity contribution is 0.0525. The smallest absolute Gasteiger partial charge is 0.137 e. The molecular formula is C15H24BrN3O. The summed E-state index contributed by atoms with van der Waals surface area (Å²) in [6.45, 7) is 11.2. The highest BCUT2D eigenvalue weighted by molar-refractivity contribution is 9.10. The van der Waals surface area contributed by atoms with Gasteiger partial charge in [-0.25, -0.2) is 9.97 Å². The maximum atomic E-state index is 5.77. The summed E-state index contributed by atoms with van der Waals surface area (Å²) < 4.78 is 6.62. The van der Waals surface area contributed by atoms with Crippen molar-refractivity contribution in [2.75, 3.05) is 24.6 Å². The summed E-state index contributed by atoms with van der Waals surface area (Å²) in [7, 11) is 0. The number of halogens is 1. The largest absolute Gasteiger partial charge is 0.377 e. The highest BCUT2D eigenvalue weighted by Gasteiger charge is 2.24. The van der Waals surface area contributed by atoms with E-state index in [-0.39, 0.29) is 5.41 Å². The van der Waals surface area contributed by atoms with Crippen molar-refractivity contribution in [1.29, 1.82) is 0 Å². The number of hydrogen-bond donors (Lipinski definition) is 0. The van der Waals surface area contributed by atoms with Crippen LogP contribution < -0.4 is 4.90 Å². The van der Waals surface area contributed by atoms with Crippen LogP contribution in [0.1, 0.15) is 46.4 Å². The first kappa shape index (κ1) is 15.7. The van der Waals surface area contributed by atoms with Crippen molar-refractivity contribution in [2.45, 2.75) is 52.1 Å². The molecule has 0 aliphatic carbocycles. The molecular weight excluding hydrogens is 318 g/mol. The van der Waals surface area contributed by atoms with Crippen LogP contribution in [0.15, 0.2) is 10.7 Å². The maximum absolute atomic E-state index is 5.77. The van der Waals surface area contributed by atoms with Crippen LogP contribution in [-0.2, 0) is 10.2 Å². The van der Waals surface area contributed by atoms with E-state index in [0.29, 0.717) is 6.10 Å². The maximum Gasteiger partial charge on any atom is 0.137 e. The second kappa shape index (κ2) is 6.39. The van der Waals surface area contributed by atoms with Gasteiger partial charge in [0.15, 0.2) is 0 Å². The van der Waals surface area contributed by atoms with Gasteiger partial charge < -0.3 is 9.64 Å². The highest BCUT2D eigenvalue weighted by Crippen LogP contribution is 2.26. The lowest BCUT2D eigenvalue weighted by atomic mass is 9.96. The van der Waals surface area contributed by atoms with E-state index in [1.54, 1.807) is 0 Å². The molecule has 0 amide bonds. The number of piperidine rings is 1. The molecule has 1 saturated heterocycles. The van der Waals surface area contributed by atoms with E-state index < -0.39 is 0 Å². The zero-order chi connectivity index (χ0) is 14.8. The molecule has 1 atom stereocenters. The Bertz CT molecular complexity index is 457. The van der Waals surface area contributed by atoms with E-state index in [2.05, 4.69) is 53.5 Å². The van der Waals surface area contributed by atoms with Gasteiger partial charge in [-0.2, -0.15) is 0 Å². The minimum atomic E-state index is -0.0480. The van der Waals surface area contributed by atoms with Crippen molar-refractivity contribution in [3.8, 4) is 0 Å². The molecule has 1 aliphatic rings. The lowest BCUT2D eigenvalue weighted by Gasteiger charge is -2.34. The van der Waals surface area contributed by atoms with Gasteiger partial charge in [-0.1, -0.05) is 20.8 Å². The molecule has 0 aromatic carbocycles. The van der Waals surface area contributed by atoms with Crippen LogP contribution in [0, 0.1) is 0 Å². The van der Waals surface area contributed by atoms with Crippen molar-refractivity contribution in [2.24, 2.45) is 0 Å². The number of nitrogens with zero attached hydrogens (tertiary/aromatic N) is 3.